The van der Waals surface area contributed by atoms with Crippen LogP contribution in [0.25, 0.3) is 0 Å². The number of benzene rings is 2. The number of aliphatic imine (C=N–C) groups is 1. The predicted octanol–water partition coefficient (Wildman–Crippen LogP) is 4.44. The van der Waals surface area contributed by atoms with E-state index in [1.165, 1.54) is 5.56 Å². The van der Waals surface area contributed by atoms with Crippen LogP contribution >= 0.6 is 0 Å². The highest BCUT2D eigenvalue weighted by molar-refractivity contribution is 6.10. The highest BCUT2D eigenvalue weighted by Gasteiger charge is 2.11. The number of aromatic nitrogens is 1. The van der Waals surface area contributed by atoms with Gasteiger partial charge in [0.1, 0.15) is 5.75 Å². The van der Waals surface area contributed by atoms with Crippen LogP contribution in [0.3, 0.4) is 0 Å². The maximum atomic E-state index is 12.8. The summed E-state index contributed by atoms with van der Waals surface area (Å²) in [7, 11) is 0. The standard InChI is InChI=1S/C24H26N4O2/c1-3-18-11-13-20(14-12-18)23(29)28-24(26-17-19-8-7-15-25-16-19)27-21-9-5-6-10-22(21)30-4-2/h5-16H,3-4,17H2,1-2H3,(H2,26,27,28,29). The lowest BCUT2D eigenvalue weighted by Crippen LogP contribution is -2.36. The first kappa shape index (κ1) is 21.0. The van der Waals surface area contributed by atoms with Gasteiger partial charge in [-0.3, -0.25) is 15.1 Å². The molecule has 1 aromatic heterocycles. The molecule has 1 heterocycles. The van der Waals surface area contributed by atoms with E-state index in [1.807, 2.05) is 67.6 Å². The number of nitrogens with zero attached hydrogens (tertiary/aromatic N) is 2. The summed E-state index contributed by atoms with van der Waals surface area (Å²) in [5.41, 5.74) is 3.42. The minimum Gasteiger partial charge on any atom is -0.492 e. The molecule has 30 heavy (non-hydrogen) atoms. The van der Waals surface area contributed by atoms with Crippen molar-refractivity contribution in [3.05, 3.63) is 89.7 Å². The van der Waals surface area contributed by atoms with Crippen LogP contribution in [0.1, 0.15) is 35.3 Å². The molecule has 2 N–H and O–H groups in total. The van der Waals surface area contributed by atoms with Gasteiger partial charge in [-0.25, -0.2) is 4.99 Å². The summed E-state index contributed by atoms with van der Waals surface area (Å²) in [5, 5.41) is 6.08. The van der Waals surface area contributed by atoms with Crippen LogP contribution in [0.4, 0.5) is 5.69 Å². The van der Waals surface area contributed by atoms with Crippen molar-refractivity contribution in [1.29, 1.82) is 0 Å². The number of hydrogen-bond acceptors (Lipinski definition) is 4. The molecule has 6 heteroatoms. The number of carbonyl (C=O) groups is 1. The van der Waals surface area contributed by atoms with Gasteiger partial charge in [0.15, 0.2) is 0 Å². The highest BCUT2D eigenvalue weighted by atomic mass is 16.5. The minimum absolute atomic E-state index is 0.232. The Hall–Kier alpha value is -3.67. The average molecular weight is 402 g/mol. The summed E-state index contributed by atoms with van der Waals surface area (Å²) < 4.78 is 5.68. The zero-order valence-electron chi connectivity index (χ0n) is 17.3. The third-order valence-electron chi connectivity index (χ3n) is 4.44. The molecule has 0 aliphatic rings. The van der Waals surface area contributed by atoms with Crippen molar-refractivity contribution in [2.75, 3.05) is 11.9 Å². The fourth-order valence-corrected chi connectivity index (χ4v) is 2.82. The lowest BCUT2D eigenvalue weighted by atomic mass is 10.1. The van der Waals surface area contributed by atoms with E-state index in [0.717, 1.165) is 17.7 Å². The van der Waals surface area contributed by atoms with Crippen LogP contribution in [-0.4, -0.2) is 23.5 Å². The quantitative estimate of drug-likeness (QED) is 0.452. The molecule has 3 aromatic rings. The molecular formula is C24H26N4O2. The Balaban J connectivity index is 1.82. The monoisotopic (exact) mass is 402 g/mol. The van der Waals surface area contributed by atoms with Crippen LogP contribution < -0.4 is 15.4 Å². The van der Waals surface area contributed by atoms with E-state index in [1.54, 1.807) is 12.4 Å². The lowest BCUT2D eigenvalue weighted by molar-refractivity contribution is 0.0977. The van der Waals surface area contributed by atoms with E-state index in [4.69, 9.17) is 4.74 Å². The first-order valence-corrected chi connectivity index (χ1v) is 10.0. The number of aryl methyl sites for hydroxylation is 1. The largest absolute Gasteiger partial charge is 0.492 e. The summed E-state index contributed by atoms with van der Waals surface area (Å²) >= 11 is 0. The molecule has 0 saturated heterocycles. The number of anilines is 1. The Labute approximate surface area is 177 Å². The summed E-state index contributed by atoms with van der Waals surface area (Å²) in [6, 6.07) is 18.9. The third-order valence-corrected chi connectivity index (χ3v) is 4.44. The smallest absolute Gasteiger partial charge is 0.257 e. The molecule has 0 bridgehead atoms. The van der Waals surface area contributed by atoms with Crippen molar-refractivity contribution in [3.63, 3.8) is 0 Å². The van der Waals surface area contributed by atoms with Crippen LogP contribution in [0.2, 0.25) is 0 Å². The van der Waals surface area contributed by atoms with E-state index < -0.39 is 0 Å². The maximum Gasteiger partial charge on any atom is 0.257 e. The van der Waals surface area contributed by atoms with E-state index in [9.17, 15) is 4.79 Å². The highest BCUT2D eigenvalue weighted by Crippen LogP contribution is 2.23. The molecule has 0 aliphatic heterocycles. The van der Waals surface area contributed by atoms with Crippen molar-refractivity contribution in [3.8, 4) is 5.75 Å². The molecule has 3 rings (SSSR count). The zero-order chi connectivity index (χ0) is 21.2. The summed E-state index contributed by atoms with van der Waals surface area (Å²) in [4.78, 5) is 21.5. The van der Waals surface area contributed by atoms with Crippen molar-refractivity contribution >= 4 is 17.6 Å². The Morgan fingerprint density at radius 1 is 1.00 bits per heavy atom. The Kier molecular flexibility index (Phi) is 7.55. The fourth-order valence-electron chi connectivity index (χ4n) is 2.82. The van der Waals surface area contributed by atoms with Crippen LogP contribution in [-0.2, 0) is 13.0 Å². The van der Waals surface area contributed by atoms with Gasteiger partial charge in [-0.15, -0.1) is 0 Å². The molecule has 2 aromatic carbocycles. The number of hydrogen-bond donors (Lipinski definition) is 2. The lowest BCUT2D eigenvalue weighted by Gasteiger charge is -2.15. The minimum atomic E-state index is -0.232. The number of amides is 1. The van der Waals surface area contributed by atoms with E-state index in [0.29, 0.717) is 30.4 Å². The van der Waals surface area contributed by atoms with Gasteiger partial charge in [0.2, 0.25) is 5.96 Å². The van der Waals surface area contributed by atoms with Gasteiger partial charge in [-0.2, -0.15) is 0 Å². The maximum absolute atomic E-state index is 12.8. The van der Waals surface area contributed by atoms with Crippen molar-refractivity contribution in [2.24, 2.45) is 4.99 Å². The second-order valence-electron chi connectivity index (χ2n) is 6.58. The van der Waals surface area contributed by atoms with Gasteiger partial charge in [0.05, 0.1) is 18.8 Å². The van der Waals surface area contributed by atoms with E-state index in [-0.39, 0.29) is 5.91 Å². The van der Waals surface area contributed by atoms with Crippen molar-refractivity contribution < 1.29 is 9.53 Å². The summed E-state index contributed by atoms with van der Waals surface area (Å²) in [5.74, 6) is 0.801. The zero-order valence-corrected chi connectivity index (χ0v) is 17.3. The second kappa shape index (κ2) is 10.8. The molecule has 6 nitrogen and oxygen atoms in total. The molecule has 0 fully saturated rings. The van der Waals surface area contributed by atoms with Gasteiger partial charge in [-0.1, -0.05) is 37.3 Å². The van der Waals surface area contributed by atoms with Crippen LogP contribution in [0, 0.1) is 0 Å². The van der Waals surface area contributed by atoms with E-state index in [2.05, 4.69) is 27.5 Å². The normalized spacial score (nSPS) is 11.1. The number of pyridine rings is 1. The molecule has 0 spiro atoms. The van der Waals surface area contributed by atoms with Crippen molar-refractivity contribution in [2.45, 2.75) is 26.8 Å². The van der Waals surface area contributed by atoms with Crippen LogP contribution in [0.15, 0.2) is 78.0 Å². The first-order chi connectivity index (χ1) is 14.7. The van der Waals surface area contributed by atoms with Gasteiger partial charge >= 0.3 is 0 Å². The Morgan fingerprint density at radius 2 is 1.80 bits per heavy atom. The van der Waals surface area contributed by atoms with Gasteiger partial charge < -0.3 is 10.1 Å². The number of guanidine groups is 1. The number of nitrogens with one attached hydrogen (secondary N) is 2. The predicted molar refractivity (Wildman–Crippen MR) is 120 cm³/mol. The number of rotatable bonds is 7. The number of ether oxygens (including phenoxy) is 1. The topological polar surface area (TPSA) is 75.6 Å². The van der Waals surface area contributed by atoms with Gasteiger partial charge in [0, 0.05) is 18.0 Å². The van der Waals surface area contributed by atoms with Crippen LogP contribution in [0.5, 0.6) is 5.75 Å². The number of carbonyl (C=O) groups excluding carboxylic acids is 1. The van der Waals surface area contributed by atoms with Gasteiger partial charge in [0.25, 0.3) is 5.91 Å². The molecule has 1 amide bonds. The number of para-hydroxylation sites is 2. The second-order valence-corrected chi connectivity index (χ2v) is 6.58. The molecule has 0 atom stereocenters. The Bertz CT molecular complexity index is 986. The average Bonchev–Trinajstić information content (AvgIpc) is 2.79. The Morgan fingerprint density at radius 3 is 2.50 bits per heavy atom. The molecule has 154 valence electrons. The molecular weight excluding hydrogens is 376 g/mol. The molecule has 0 saturated carbocycles. The molecule has 0 unspecified atom stereocenters. The summed E-state index contributed by atoms with van der Waals surface area (Å²) in [6.07, 6.45) is 4.39. The first-order valence-electron chi connectivity index (χ1n) is 10.0. The van der Waals surface area contributed by atoms with E-state index >= 15 is 0 Å². The molecule has 0 aliphatic carbocycles. The van der Waals surface area contributed by atoms with Gasteiger partial charge in [-0.05, 0) is 54.8 Å². The SMILES string of the molecule is CCOc1ccccc1NC(=NCc1cccnc1)NC(=O)c1ccc(CC)cc1. The summed E-state index contributed by atoms with van der Waals surface area (Å²) in [6.45, 7) is 4.92. The fraction of sp³-hybridized carbons (Fsp3) is 0.208. The third kappa shape index (κ3) is 5.91. The molecule has 0 radical (unpaired) electrons. The van der Waals surface area contributed by atoms with Crippen molar-refractivity contribution in [1.82, 2.24) is 10.3 Å².